The molecule has 1 aliphatic heterocycles. The molecule has 1 fully saturated rings. The zero-order chi connectivity index (χ0) is 22.9. The molecule has 1 unspecified atom stereocenters. The minimum Gasteiger partial charge on any atom is -0.464 e. The van der Waals surface area contributed by atoms with Gasteiger partial charge in [0, 0.05) is 38.2 Å². The van der Waals surface area contributed by atoms with Crippen LogP contribution in [-0.4, -0.2) is 55.3 Å². The monoisotopic (exact) mass is 464 g/mol. The number of urea groups is 1. The Hall–Kier alpha value is -2.53. The van der Waals surface area contributed by atoms with Gasteiger partial charge < -0.3 is 14.6 Å². The van der Waals surface area contributed by atoms with Crippen LogP contribution in [-0.2, 0) is 36.5 Å². The summed E-state index contributed by atoms with van der Waals surface area (Å²) in [4.78, 5) is 15.0. The zero-order valence-corrected chi connectivity index (χ0v) is 19.7. The van der Waals surface area contributed by atoms with Gasteiger partial charge in [0.1, 0.15) is 11.5 Å². The third kappa shape index (κ3) is 4.63. The van der Waals surface area contributed by atoms with Gasteiger partial charge in [-0.15, -0.1) is 0 Å². The van der Waals surface area contributed by atoms with E-state index in [9.17, 15) is 13.2 Å². The number of piperidine rings is 1. The van der Waals surface area contributed by atoms with Crippen LogP contribution in [0.15, 0.2) is 16.8 Å². The first-order chi connectivity index (χ1) is 15.3. The Morgan fingerprint density at radius 1 is 1.28 bits per heavy atom. The van der Waals surface area contributed by atoms with Gasteiger partial charge in [0.25, 0.3) is 0 Å². The number of nitrogens with zero attached hydrogens (tertiary/aromatic N) is 4. The summed E-state index contributed by atoms with van der Waals surface area (Å²) in [6.45, 7) is 3.44. The van der Waals surface area contributed by atoms with Crippen molar-refractivity contribution >= 4 is 27.6 Å². The van der Waals surface area contributed by atoms with E-state index in [-0.39, 0.29) is 6.04 Å². The van der Waals surface area contributed by atoms with Gasteiger partial charge in [0.05, 0.1) is 23.6 Å². The second kappa shape index (κ2) is 9.14. The number of furan rings is 1. The van der Waals surface area contributed by atoms with Gasteiger partial charge in [0.15, 0.2) is 0 Å². The van der Waals surface area contributed by atoms with Crippen LogP contribution in [0.4, 0.5) is 16.2 Å². The quantitative estimate of drug-likeness (QED) is 0.679. The summed E-state index contributed by atoms with van der Waals surface area (Å²) in [5.41, 5.74) is 2.03. The maximum Gasteiger partial charge on any atom is 0.334 e. The smallest absolute Gasteiger partial charge is 0.334 e. The molecule has 1 atom stereocenters. The highest BCUT2D eigenvalue weighted by molar-refractivity contribution is 7.91. The normalized spacial score (nSPS) is 19.4. The van der Waals surface area contributed by atoms with Crippen LogP contribution < -0.4 is 14.3 Å². The topological polar surface area (TPSA) is 113 Å². The first kappa shape index (κ1) is 22.7. The molecule has 11 heteroatoms. The lowest BCUT2D eigenvalue weighted by atomic mass is 9.97. The molecule has 0 spiro atoms. The fourth-order valence-electron chi connectivity index (χ4n) is 4.72. The molecule has 4 rings (SSSR count). The molecule has 2 N–H and O–H groups in total. The number of rotatable bonds is 6. The summed E-state index contributed by atoms with van der Waals surface area (Å²) in [6, 6.07) is -1.08. The van der Waals surface area contributed by atoms with Crippen molar-refractivity contribution in [1.29, 1.82) is 0 Å². The van der Waals surface area contributed by atoms with E-state index in [1.54, 1.807) is 17.9 Å². The highest BCUT2D eigenvalue weighted by atomic mass is 32.2. The number of carbonyl (C=O) groups excluding carboxylic acids is 1. The molecule has 1 aliphatic carbocycles. The van der Waals surface area contributed by atoms with Gasteiger partial charge in [-0.2, -0.15) is 13.5 Å². The molecule has 10 nitrogen and oxygen atoms in total. The average molecular weight is 465 g/mol. The third-order valence-electron chi connectivity index (χ3n) is 6.16. The molecule has 2 aromatic rings. The van der Waals surface area contributed by atoms with Gasteiger partial charge in [-0.1, -0.05) is 6.92 Å². The van der Waals surface area contributed by atoms with E-state index in [0.29, 0.717) is 36.5 Å². The maximum atomic E-state index is 13.4. The molecule has 0 saturated carbocycles. The number of likely N-dealkylation sites (tertiary alicyclic amines) is 1. The third-order valence-corrected chi connectivity index (χ3v) is 7.63. The number of hydrogen-bond acceptors (Lipinski definition) is 6. The summed E-state index contributed by atoms with van der Waals surface area (Å²) >= 11 is 0. The first-order valence-electron chi connectivity index (χ1n) is 11.2. The lowest BCUT2D eigenvalue weighted by molar-refractivity contribution is 0.251. The summed E-state index contributed by atoms with van der Waals surface area (Å²) in [7, 11) is -0.469. The van der Waals surface area contributed by atoms with Crippen molar-refractivity contribution in [3.05, 3.63) is 29.5 Å². The number of aryl methyl sites for hydroxylation is 3. The molecule has 176 valence electrons. The highest BCUT2D eigenvalue weighted by Crippen LogP contribution is 2.34. The fraction of sp³-hybridized carbons (Fsp3) is 0.619. The minimum atomic E-state index is -4.17. The van der Waals surface area contributed by atoms with Crippen LogP contribution in [0, 0.1) is 0 Å². The predicted octanol–water partition coefficient (Wildman–Crippen LogP) is 2.42. The number of hydrogen-bond donors (Lipinski definition) is 2. The van der Waals surface area contributed by atoms with Crippen molar-refractivity contribution in [2.45, 2.75) is 57.9 Å². The Morgan fingerprint density at radius 2 is 2.06 bits per heavy atom. The number of aromatic nitrogens is 2. The van der Waals surface area contributed by atoms with Crippen molar-refractivity contribution in [2.75, 3.05) is 29.8 Å². The first-order valence-corrected chi connectivity index (χ1v) is 12.7. The number of nitrogens with one attached hydrogen (secondary N) is 2. The van der Waals surface area contributed by atoms with Crippen LogP contribution in [0.3, 0.4) is 0 Å². The summed E-state index contributed by atoms with van der Waals surface area (Å²) in [6.07, 6.45) is 9.09. The van der Waals surface area contributed by atoms with Crippen LogP contribution in [0.25, 0.3) is 0 Å². The van der Waals surface area contributed by atoms with Crippen LogP contribution in [0.1, 0.15) is 49.7 Å². The standard InChI is InChI=1S/C21H32N6O4S/c1-4-18-20(17-9-5-6-10-19(17)31-18)23-21(28)24-32(29,30)27(16-12-22-26(3)14-16)15-8-7-11-25(2)13-15/h12,14-15H,4-11,13H2,1-3H3,(H2,23,24,28). The number of carbonyl (C=O) groups is 1. The molecule has 3 heterocycles. The van der Waals surface area contributed by atoms with E-state index >= 15 is 0 Å². The Bertz CT molecular complexity index is 1080. The van der Waals surface area contributed by atoms with Crippen molar-refractivity contribution in [2.24, 2.45) is 7.05 Å². The number of fused-ring (bicyclic) bond motifs is 1. The van der Waals surface area contributed by atoms with Gasteiger partial charge in [0.2, 0.25) is 0 Å². The van der Waals surface area contributed by atoms with E-state index in [4.69, 9.17) is 4.42 Å². The average Bonchev–Trinajstić information content (AvgIpc) is 3.31. The van der Waals surface area contributed by atoms with Gasteiger partial charge in [-0.05, 0) is 45.7 Å². The van der Waals surface area contributed by atoms with Crippen LogP contribution in [0.5, 0.6) is 0 Å². The number of amides is 2. The molecular formula is C21H32N6O4S. The Balaban J connectivity index is 1.57. The molecule has 32 heavy (non-hydrogen) atoms. The summed E-state index contributed by atoms with van der Waals surface area (Å²) < 4.78 is 37.8. The molecule has 0 aromatic carbocycles. The zero-order valence-electron chi connectivity index (χ0n) is 18.9. The molecule has 0 bridgehead atoms. The minimum absolute atomic E-state index is 0.295. The Labute approximate surface area is 189 Å². The van der Waals surface area contributed by atoms with E-state index in [0.717, 1.165) is 50.0 Å². The lowest BCUT2D eigenvalue weighted by Gasteiger charge is -2.37. The lowest BCUT2D eigenvalue weighted by Crippen LogP contribution is -2.54. The second-order valence-corrected chi connectivity index (χ2v) is 10.2. The number of likely N-dealkylation sites (N-methyl/N-ethyl adjacent to an activating group) is 1. The van der Waals surface area contributed by atoms with E-state index < -0.39 is 16.2 Å². The molecular weight excluding hydrogens is 432 g/mol. The van der Waals surface area contributed by atoms with Gasteiger partial charge in [-0.3, -0.25) is 4.68 Å². The fourth-order valence-corrected chi connectivity index (χ4v) is 6.04. The SMILES string of the molecule is CCc1oc2c(c1NC(=O)NS(=O)(=O)N(c1cnn(C)c1)C1CCCN(C)C1)CCCC2. The maximum absolute atomic E-state index is 13.4. The predicted molar refractivity (Wildman–Crippen MR) is 122 cm³/mol. The molecule has 1 saturated heterocycles. The second-order valence-electron chi connectivity index (χ2n) is 8.65. The van der Waals surface area contributed by atoms with E-state index in [1.807, 2.05) is 14.0 Å². The molecule has 0 radical (unpaired) electrons. The Kier molecular flexibility index (Phi) is 6.47. The molecule has 2 aromatic heterocycles. The van der Waals surface area contributed by atoms with Crippen molar-refractivity contribution in [1.82, 2.24) is 19.4 Å². The Morgan fingerprint density at radius 3 is 2.75 bits per heavy atom. The largest absolute Gasteiger partial charge is 0.464 e. The van der Waals surface area contributed by atoms with Crippen molar-refractivity contribution in [3.8, 4) is 0 Å². The van der Waals surface area contributed by atoms with E-state index in [2.05, 4.69) is 20.0 Å². The van der Waals surface area contributed by atoms with Gasteiger partial charge >= 0.3 is 16.2 Å². The summed E-state index contributed by atoms with van der Waals surface area (Å²) in [5, 5.41) is 6.90. The van der Waals surface area contributed by atoms with Crippen molar-refractivity contribution in [3.63, 3.8) is 0 Å². The number of anilines is 2. The summed E-state index contributed by atoms with van der Waals surface area (Å²) in [5.74, 6) is 1.58. The van der Waals surface area contributed by atoms with Crippen molar-refractivity contribution < 1.29 is 17.6 Å². The molecule has 2 aliphatic rings. The van der Waals surface area contributed by atoms with Crippen LogP contribution >= 0.6 is 0 Å². The van der Waals surface area contributed by atoms with Crippen LogP contribution in [0.2, 0.25) is 0 Å². The van der Waals surface area contributed by atoms with Gasteiger partial charge in [-0.25, -0.2) is 13.8 Å². The molecule has 2 amide bonds. The van der Waals surface area contributed by atoms with E-state index in [1.165, 1.54) is 10.5 Å². The highest BCUT2D eigenvalue weighted by Gasteiger charge is 2.35.